The number of hydrogen-bond donors (Lipinski definition) is 1. The fourth-order valence-corrected chi connectivity index (χ4v) is 0. The molecule has 58 valence electrons. The third-order valence-electron chi connectivity index (χ3n) is 0.243. The molecule has 1 N–H and O–H groups in total. The van der Waals surface area contributed by atoms with Gasteiger partial charge in [0.15, 0.2) is 0 Å². The number of aliphatic carboxylic acids is 1. The van der Waals surface area contributed by atoms with E-state index in [1.807, 2.05) is 22.6 Å². The van der Waals surface area contributed by atoms with E-state index in [1.54, 1.807) is 0 Å². The van der Waals surface area contributed by atoms with E-state index in [2.05, 4.69) is 4.93 Å². The maximum atomic E-state index is 10.6. The van der Waals surface area contributed by atoms with Crippen LogP contribution in [0, 0.1) is 4.93 Å². The number of rotatable bonds is 0. The van der Waals surface area contributed by atoms with Crippen LogP contribution in [0.2, 0.25) is 0 Å². The summed E-state index contributed by atoms with van der Waals surface area (Å²) in [7, 11) is 0. The van der Waals surface area contributed by atoms with Crippen molar-refractivity contribution in [3.8, 4) is 0 Å². The van der Waals surface area contributed by atoms with Gasteiger partial charge in [-0.25, -0.2) is 4.79 Å². The molecule has 7 heteroatoms. The molecule has 0 aliphatic rings. The monoisotopic (exact) mass is 319 g/mol. The molecular weight excluding hydrogens is 317 g/mol. The normalized spacial score (nSPS) is 8.50. The molecule has 0 unspecified atom stereocenters. The Kier molecular flexibility index (Phi) is 13.1. The molecule has 0 radical (unpaired) electrons. The first kappa shape index (κ1) is 16.9. The average molecular weight is 320 g/mol. The largest absolute Gasteiger partial charge is 0.490 e. The van der Waals surface area contributed by atoms with Gasteiger partial charge in [0, 0.05) is 19.5 Å². The summed E-state index contributed by atoms with van der Waals surface area (Å²) in [5.41, 5.74) is 0. The first-order valence-corrected chi connectivity index (χ1v) is 3.04. The SMILES string of the molecule is O=C(O)C(F)(F)F.[CH2-]I.[Zn]. The van der Waals surface area contributed by atoms with Crippen LogP contribution in [0.5, 0.6) is 0 Å². The van der Waals surface area contributed by atoms with Gasteiger partial charge in [0.2, 0.25) is 0 Å². The van der Waals surface area contributed by atoms with Crippen LogP contribution in [0.15, 0.2) is 0 Å². The van der Waals surface area contributed by atoms with Crippen molar-refractivity contribution in [2.75, 3.05) is 0 Å². The summed E-state index contributed by atoms with van der Waals surface area (Å²) >= 11 is 1.90. The molecule has 0 atom stereocenters. The second kappa shape index (κ2) is 7.72. The zero-order chi connectivity index (χ0) is 8.08. The standard InChI is InChI=1S/C2HF3O2.CH2I.Zn/c3-2(4,5)1(6)7;1-2;/h(H,6,7);1H2;/q;-1;. The van der Waals surface area contributed by atoms with Gasteiger partial charge in [0.1, 0.15) is 0 Å². The molecule has 0 aromatic heterocycles. The average Bonchev–Trinajstić information content (AvgIpc) is 1.69. The molecule has 0 aromatic rings. The van der Waals surface area contributed by atoms with E-state index in [0.29, 0.717) is 0 Å². The number of alkyl halides is 3. The van der Waals surface area contributed by atoms with Gasteiger partial charge in [-0.3, -0.25) is 4.93 Å². The second-order valence-electron chi connectivity index (χ2n) is 0.803. The van der Waals surface area contributed by atoms with Gasteiger partial charge < -0.3 is 27.7 Å². The minimum atomic E-state index is -5.08. The van der Waals surface area contributed by atoms with Crippen LogP contribution in [0.4, 0.5) is 13.2 Å². The third kappa shape index (κ3) is 11.4. The number of carboxylic acids is 1. The number of halogens is 4. The van der Waals surface area contributed by atoms with Gasteiger partial charge in [0.05, 0.1) is 0 Å². The summed E-state index contributed by atoms with van der Waals surface area (Å²) < 4.78 is 31.7. The summed E-state index contributed by atoms with van der Waals surface area (Å²) in [4.78, 5) is 12.1. The third-order valence-corrected chi connectivity index (χ3v) is 0.243. The Hall–Kier alpha value is 0.613. The van der Waals surface area contributed by atoms with Gasteiger partial charge >= 0.3 is 12.1 Å². The van der Waals surface area contributed by atoms with Crippen LogP contribution in [-0.2, 0) is 24.3 Å². The van der Waals surface area contributed by atoms with E-state index in [4.69, 9.17) is 9.90 Å². The van der Waals surface area contributed by atoms with Gasteiger partial charge in [-0.2, -0.15) is 13.2 Å². The molecule has 0 saturated heterocycles. The molecule has 10 heavy (non-hydrogen) atoms. The number of carbonyl (C=O) groups is 1. The Morgan fingerprint density at radius 1 is 1.40 bits per heavy atom. The topological polar surface area (TPSA) is 37.3 Å². The molecule has 0 bridgehead atoms. The molecule has 0 spiro atoms. The predicted molar refractivity (Wildman–Crippen MR) is 33.1 cm³/mol. The van der Waals surface area contributed by atoms with Crippen molar-refractivity contribution in [3.05, 3.63) is 4.93 Å². The first-order chi connectivity index (χ1) is 3.94. The second-order valence-corrected chi connectivity index (χ2v) is 0.803. The van der Waals surface area contributed by atoms with E-state index < -0.39 is 12.1 Å². The summed E-state index contributed by atoms with van der Waals surface area (Å²) in [5.74, 6) is -2.76. The smallest absolute Gasteiger partial charge is 0.475 e. The summed E-state index contributed by atoms with van der Waals surface area (Å²) in [5, 5.41) is 7.12. The van der Waals surface area contributed by atoms with E-state index in [0.717, 1.165) is 0 Å². The fourth-order valence-electron chi connectivity index (χ4n) is 0. The molecule has 0 amide bonds. The van der Waals surface area contributed by atoms with Crippen molar-refractivity contribution < 1.29 is 42.6 Å². The predicted octanol–water partition coefficient (Wildman–Crippen LogP) is 1.84. The Balaban J connectivity index is -0.000000149. The number of carboxylic acid groups (broad SMARTS) is 1. The van der Waals surface area contributed by atoms with Crippen molar-refractivity contribution in [3.63, 3.8) is 0 Å². The van der Waals surface area contributed by atoms with Crippen LogP contribution in [0.25, 0.3) is 0 Å². The quantitative estimate of drug-likeness (QED) is 0.420. The zero-order valence-electron chi connectivity index (χ0n) is 4.78. The van der Waals surface area contributed by atoms with Crippen LogP contribution >= 0.6 is 22.6 Å². The Bertz CT molecular complexity index is 94.2. The van der Waals surface area contributed by atoms with Crippen LogP contribution in [0.1, 0.15) is 0 Å². The minimum absolute atomic E-state index is 0. The van der Waals surface area contributed by atoms with E-state index >= 15 is 0 Å². The van der Waals surface area contributed by atoms with Crippen molar-refractivity contribution >= 4 is 28.6 Å². The van der Waals surface area contributed by atoms with Crippen molar-refractivity contribution in [1.82, 2.24) is 0 Å². The van der Waals surface area contributed by atoms with Gasteiger partial charge in [-0.05, 0) is 0 Å². The molecule has 0 heterocycles. The number of hydrogen-bond acceptors (Lipinski definition) is 1. The van der Waals surface area contributed by atoms with Gasteiger partial charge in [-0.15, -0.1) is 0 Å². The Labute approximate surface area is 82.1 Å². The summed E-state index contributed by atoms with van der Waals surface area (Å²) in [6, 6.07) is 0. The van der Waals surface area contributed by atoms with E-state index in [1.165, 1.54) is 0 Å². The van der Waals surface area contributed by atoms with Gasteiger partial charge in [0.25, 0.3) is 0 Å². The molecule has 2 nitrogen and oxygen atoms in total. The maximum absolute atomic E-state index is 10.6. The zero-order valence-corrected chi connectivity index (χ0v) is 9.91. The molecule has 0 aliphatic carbocycles. The van der Waals surface area contributed by atoms with Crippen molar-refractivity contribution in [2.24, 2.45) is 0 Å². The first-order valence-electron chi connectivity index (χ1n) is 1.51. The van der Waals surface area contributed by atoms with Gasteiger partial charge in [-0.1, -0.05) is 0 Å². The van der Waals surface area contributed by atoms with E-state index in [-0.39, 0.29) is 19.5 Å². The molecule has 0 rings (SSSR count). The maximum Gasteiger partial charge on any atom is 0.490 e. The molecule has 0 aromatic carbocycles. The molecule has 0 aliphatic heterocycles. The summed E-state index contributed by atoms with van der Waals surface area (Å²) in [6.07, 6.45) is -5.08. The summed E-state index contributed by atoms with van der Waals surface area (Å²) in [6.45, 7) is 0. The van der Waals surface area contributed by atoms with E-state index in [9.17, 15) is 13.2 Å². The van der Waals surface area contributed by atoms with Crippen molar-refractivity contribution in [1.29, 1.82) is 0 Å². The fraction of sp³-hybridized carbons (Fsp3) is 0.333. The van der Waals surface area contributed by atoms with Crippen LogP contribution in [0.3, 0.4) is 0 Å². The Morgan fingerprint density at radius 2 is 1.50 bits per heavy atom. The molecule has 0 saturated carbocycles. The Morgan fingerprint density at radius 3 is 1.50 bits per heavy atom. The molecule has 0 fully saturated rings. The minimum Gasteiger partial charge on any atom is -0.475 e. The van der Waals surface area contributed by atoms with Crippen molar-refractivity contribution in [2.45, 2.75) is 6.18 Å². The molecular formula is C3H3F3IO2Zn-. The van der Waals surface area contributed by atoms with Crippen LogP contribution in [-0.4, -0.2) is 17.3 Å². The van der Waals surface area contributed by atoms with Crippen LogP contribution < -0.4 is 0 Å².